The van der Waals surface area contributed by atoms with Crippen LogP contribution in [0, 0.1) is 0 Å². The van der Waals surface area contributed by atoms with Crippen LogP contribution in [-0.4, -0.2) is 68.7 Å². The zero-order chi connectivity index (χ0) is 21.5. The van der Waals surface area contributed by atoms with Gasteiger partial charge in [-0.3, -0.25) is 9.69 Å². The first kappa shape index (κ1) is 22.1. The lowest BCUT2D eigenvalue weighted by Crippen LogP contribution is -2.49. The van der Waals surface area contributed by atoms with Gasteiger partial charge in [0.15, 0.2) is 6.61 Å². The Morgan fingerprint density at radius 2 is 1.57 bits per heavy atom. The SMILES string of the molecule is COc1cc(C(=O)OCC(=O)N2CCN(Cc3ccccc3)CC2)cc(OC)c1Br. The third kappa shape index (κ3) is 5.52. The second-order valence-electron chi connectivity index (χ2n) is 6.91. The van der Waals surface area contributed by atoms with E-state index in [0.717, 1.165) is 19.6 Å². The van der Waals surface area contributed by atoms with Crippen LogP contribution in [0.4, 0.5) is 0 Å². The number of carbonyl (C=O) groups excluding carboxylic acids is 2. The molecule has 30 heavy (non-hydrogen) atoms. The molecule has 1 aliphatic rings. The maximum Gasteiger partial charge on any atom is 0.338 e. The van der Waals surface area contributed by atoms with Crippen molar-refractivity contribution >= 4 is 27.8 Å². The molecule has 0 N–H and O–H groups in total. The van der Waals surface area contributed by atoms with E-state index < -0.39 is 5.97 Å². The lowest BCUT2D eigenvalue weighted by molar-refractivity contribution is -0.136. The van der Waals surface area contributed by atoms with Gasteiger partial charge in [-0.05, 0) is 33.6 Å². The van der Waals surface area contributed by atoms with Crippen molar-refractivity contribution < 1.29 is 23.8 Å². The second-order valence-corrected chi connectivity index (χ2v) is 7.71. The molecule has 1 heterocycles. The molecule has 0 bridgehead atoms. The first-order valence-electron chi connectivity index (χ1n) is 9.64. The van der Waals surface area contributed by atoms with E-state index in [9.17, 15) is 9.59 Å². The molecule has 8 heteroatoms. The molecular formula is C22H25BrN2O5. The van der Waals surface area contributed by atoms with Crippen LogP contribution in [0.3, 0.4) is 0 Å². The average molecular weight is 477 g/mol. The molecule has 1 fully saturated rings. The number of amides is 1. The summed E-state index contributed by atoms with van der Waals surface area (Å²) in [6, 6.07) is 13.3. The lowest BCUT2D eigenvalue weighted by Gasteiger charge is -2.34. The highest BCUT2D eigenvalue weighted by Gasteiger charge is 2.23. The van der Waals surface area contributed by atoms with E-state index in [4.69, 9.17) is 14.2 Å². The van der Waals surface area contributed by atoms with Crippen molar-refractivity contribution in [3.8, 4) is 11.5 Å². The summed E-state index contributed by atoms with van der Waals surface area (Å²) >= 11 is 3.36. The molecule has 3 rings (SSSR count). The number of hydrogen-bond donors (Lipinski definition) is 0. The van der Waals surface area contributed by atoms with Crippen LogP contribution in [0.15, 0.2) is 46.9 Å². The Bertz CT molecular complexity index is 857. The van der Waals surface area contributed by atoms with Gasteiger partial charge in [0.1, 0.15) is 16.0 Å². The monoisotopic (exact) mass is 476 g/mol. The van der Waals surface area contributed by atoms with Crippen LogP contribution in [-0.2, 0) is 16.1 Å². The van der Waals surface area contributed by atoms with Gasteiger partial charge in [0.25, 0.3) is 5.91 Å². The van der Waals surface area contributed by atoms with Crippen molar-refractivity contribution in [3.63, 3.8) is 0 Å². The molecule has 1 saturated heterocycles. The first-order chi connectivity index (χ1) is 14.5. The molecule has 0 unspecified atom stereocenters. The zero-order valence-corrected chi connectivity index (χ0v) is 18.7. The van der Waals surface area contributed by atoms with Crippen LogP contribution >= 0.6 is 15.9 Å². The van der Waals surface area contributed by atoms with E-state index in [-0.39, 0.29) is 18.1 Å². The molecule has 160 valence electrons. The minimum Gasteiger partial charge on any atom is -0.495 e. The minimum absolute atomic E-state index is 0.196. The Hall–Kier alpha value is -2.58. The van der Waals surface area contributed by atoms with Crippen molar-refractivity contribution in [3.05, 3.63) is 58.1 Å². The molecule has 2 aromatic rings. The topological polar surface area (TPSA) is 68.3 Å². The van der Waals surface area contributed by atoms with Crippen LogP contribution in [0.5, 0.6) is 11.5 Å². The summed E-state index contributed by atoms with van der Waals surface area (Å²) < 4.78 is 16.3. The Morgan fingerprint density at radius 3 is 2.13 bits per heavy atom. The van der Waals surface area contributed by atoms with Gasteiger partial charge in [-0.2, -0.15) is 0 Å². The van der Waals surface area contributed by atoms with Gasteiger partial charge in [-0.25, -0.2) is 4.79 Å². The molecule has 0 atom stereocenters. The van der Waals surface area contributed by atoms with Gasteiger partial charge < -0.3 is 19.1 Å². The molecule has 1 aliphatic heterocycles. The normalized spacial score (nSPS) is 14.3. The Morgan fingerprint density at radius 1 is 0.967 bits per heavy atom. The first-order valence-corrected chi connectivity index (χ1v) is 10.4. The van der Waals surface area contributed by atoms with Crippen molar-refractivity contribution in [2.24, 2.45) is 0 Å². The molecule has 1 amide bonds. The van der Waals surface area contributed by atoms with E-state index in [1.54, 1.807) is 17.0 Å². The highest BCUT2D eigenvalue weighted by Crippen LogP contribution is 2.35. The van der Waals surface area contributed by atoms with E-state index in [0.29, 0.717) is 29.1 Å². The number of nitrogens with zero attached hydrogens (tertiary/aromatic N) is 2. The maximum atomic E-state index is 12.5. The average Bonchev–Trinajstić information content (AvgIpc) is 2.78. The fourth-order valence-electron chi connectivity index (χ4n) is 3.29. The van der Waals surface area contributed by atoms with Crippen molar-refractivity contribution in [2.75, 3.05) is 47.0 Å². The van der Waals surface area contributed by atoms with Gasteiger partial charge in [0, 0.05) is 32.7 Å². The number of esters is 1. The van der Waals surface area contributed by atoms with Crippen LogP contribution < -0.4 is 9.47 Å². The summed E-state index contributed by atoms with van der Waals surface area (Å²) in [5.74, 6) is 0.0956. The van der Waals surface area contributed by atoms with Crippen molar-refractivity contribution in [2.45, 2.75) is 6.54 Å². The Kier molecular flexibility index (Phi) is 7.70. The van der Waals surface area contributed by atoms with Gasteiger partial charge in [-0.1, -0.05) is 30.3 Å². The van der Waals surface area contributed by atoms with Crippen LogP contribution in [0.2, 0.25) is 0 Å². The summed E-state index contributed by atoms with van der Waals surface area (Å²) in [5, 5.41) is 0. The molecule has 0 radical (unpaired) electrons. The number of rotatable bonds is 7. The van der Waals surface area contributed by atoms with Gasteiger partial charge in [-0.15, -0.1) is 0 Å². The molecule has 7 nitrogen and oxygen atoms in total. The summed E-state index contributed by atoms with van der Waals surface area (Å²) in [4.78, 5) is 28.9. The fraction of sp³-hybridized carbons (Fsp3) is 0.364. The predicted octanol–water partition coefficient (Wildman–Crippen LogP) is 2.97. The highest BCUT2D eigenvalue weighted by atomic mass is 79.9. The van der Waals surface area contributed by atoms with Crippen molar-refractivity contribution in [1.82, 2.24) is 9.80 Å². The molecule has 0 saturated carbocycles. The minimum atomic E-state index is -0.602. The fourth-order valence-corrected chi connectivity index (χ4v) is 3.84. The molecule has 0 spiro atoms. The number of benzene rings is 2. The van der Waals surface area contributed by atoms with Crippen LogP contribution in [0.25, 0.3) is 0 Å². The van der Waals surface area contributed by atoms with Crippen LogP contribution in [0.1, 0.15) is 15.9 Å². The number of hydrogen-bond acceptors (Lipinski definition) is 6. The standard InChI is InChI=1S/C22H25BrN2O5/c1-28-18-12-17(13-19(29-2)21(18)23)22(27)30-15-20(26)25-10-8-24(9-11-25)14-16-6-4-3-5-7-16/h3-7,12-13H,8-11,14-15H2,1-2H3. The molecule has 0 aromatic heterocycles. The molecule has 0 aliphatic carbocycles. The number of ether oxygens (including phenoxy) is 3. The lowest BCUT2D eigenvalue weighted by atomic mass is 10.2. The van der Waals surface area contributed by atoms with E-state index >= 15 is 0 Å². The van der Waals surface area contributed by atoms with Gasteiger partial charge >= 0.3 is 5.97 Å². The second kappa shape index (κ2) is 10.4. The summed E-state index contributed by atoms with van der Waals surface area (Å²) in [7, 11) is 2.99. The van der Waals surface area contributed by atoms with Crippen molar-refractivity contribution in [1.29, 1.82) is 0 Å². The third-order valence-electron chi connectivity index (χ3n) is 4.98. The highest BCUT2D eigenvalue weighted by molar-refractivity contribution is 9.10. The summed E-state index contributed by atoms with van der Waals surface area (Å²) in [5.41, 5.74) is 1.51. The Balaban J connectivity index is 1.49. The third-order valence-corrected chi connectivity index (χ3v) is 5.76. The number of halogens is 1. The largest absolute Gasteiger partial charge is 0.495 e. The zero-order valence-electron chi connectivity index (χ0n) is 17.1. The van der Waals surface area contributed by atoms with E-state index in [1.807, 2.05) is 18.2 Å². The number of methoxy groups -OCH3 is 2. The number of piperazine rings is 1. The predicted molar refractivity (Wildman–Crippen MR) is 116 cm³/mol. The van der Waals surface area contributed by atoms with Gasteiger partial charge in [0.2, 0.25) is 0 Å². The smallest absolute Gasteiger partial charge is 0.338 e. The summed E-state index contributed by atoms with van der Waals surface area (Å²) in [6.07, 6.45) is 0. The molecule has 2 aromatic carbocycles. The van der Waals surface area contributed by atoms with Gasteiger partial charge in [0.05, 0.1) is 19.8 Å². The number of carbonyl (C=O) groups is 2. The maximum absolute atomic E-state index is 12.5. The molecular weight excluding hydrogens is 452 g/mol. The van der Waals surface area contributed by atoms with E-state index in [2.05, 4.69) is 33.0 Å². The Labute approximate surface area is 184 Å². The quantitative estimate of drug-likeness (QED) is 0.572. The van der Waals surface area contributed by atoms with E-state index in [1.165, 1.54) is 19.8 Å². The summed E-state index contributed by atoms with van der Waals surface area (Å²) in [6.45, 7) is 3.38.